The number of methoxy groups -OCH3 is 1. The summed E-state index contributed by atoms with van der Waals surface area (Å²) in [6.45, 7) is 3.82. The van der Waals surface area contributed by atoms with Crippen molar-refractivity contribution >= 4 is 11.3 Å². The molecule has 0 aliphatic carbocycles. The SMILES string of the molecule is COC(C)(C)C(O)CCc1ccsc1. The van der Waals surface area contributed by atoms with E-state index in [1.165, 1.54) is 5.56 Å². The van der Waals surface area contributed by atoms with E-state index in [9.17, 15) is 5.11 Å². The zero-order chi connectivity index (χ0) is 10.6. The van der Waals surface area contributed by atoms with Crippen molar-refractivity contribution in [2.75, 3.05) is 7.11 Å². The van der Waals surface area contributed by atoms with Gasteiger partial charge in [-0.15, -0.1) is 0 Å². The molecule has 0 bridgehead atoms. The maximum atomic E-state index is 9.85. The molecular formula is C11H18O2S. The average molecular weight is 214 g/mol. The highest BCUT2D eigenvalue weighted by atomic mass is 32.1. The predicted molar refractivity (Wildman–Crippen MR) is 59.7 cm³/mol. The Morgan fingerprint density at radius 2 is 2.29 bits per heavy atom. The van der Waals surface area contributed by atoms with Gasteiger partial charge >= 0.3 is 0 Å². The van der Waals surface area contributed by atoms with Gasteiger partial charge in [-0.3, -0.25) is 0 Å². The fourth-order valence-electron chi connectivity index (χ4n) is 1.22. The Morgan fingerprint density at radius 3 is 2.79 bits per heavy atom. The van der Waals surface area contributed by atoms with Crippen LogP contribution in [0.15, 0.2) is 16.8 Å². The highest BCUT2D eigenvalue weighted by Gasteiger charge is 2.26. The van der Waals surface area contributed by atoms with Gasteiger partial charge in [0, 0.05) is 7.11 Å². The van der Waals surface area contributed by atoms with Crippen molar-refractivity contribution in [3.63, 3.8) is 0 Å². The highest BCUT2D eigenvalue weighted by Crippen LogP contribution is 2.19. The van der Waals surface area contributed by atoms with Gasteiger partial charge in [-0.05, 0) is 49.1 Å². The number of aryl methyl sites for hydroxylation is 1. The molecule has 0 radical (unpaired) electrons. The minimum Gasteiger partial charge on any atom is -0.390 e. The summed E-state index contributed by atoms with van der Waals surface area (Å²) in [4.78, 5) is 0. The number of ether oxygens (including phenoxy) is 1. The zero-order valence-electron chi connectivity index (χ0n) is 8.99. The van der Waals surface area contributed by atoms with Crippen LogP contribution in [0.25, 0.3) is 0 Å². The molecule has 2 nitrogen and oxygen atoms in total. The molecule has 1 atom stereocenters. The largest absolute Gasteiger partial charge is 0.390 e. The summed E-state index contributed by atoms with van der Waals surface area (Å²) in [7, 11) is 1.63. The molecule has 0 aliphatic rings. The van der Waals surface area contributed by atoms with Crippen molar-refractivity contribution in [3.05, 3.63) is 22.4 Å². The summed E-state index contributed by atoms with van der Waals surface area (Å²) in [6.07, 6.45) is 1.25. The fraction of sp³-hybridized carbons (Fsp3) is 0.636. The van der Waals surface area contributed by atoms with Gasteiger partial charge < -0.3 is 9.84 Å². The smallest absolute Gasteiger partial charge is 0.0880 e. The van der Waals surface area contributed by atoms with Crippen LogP contribution in [-0.2, 0) is 11.2 Å². The minimum absolute atomic E-state index is 0.410. The van der Waals surface area contributed by atoms with E-state index >= 15 is 0 Å². The molecule has 80 valence electrons. The van der Waals surface area contributed by atoms with Gasteiger partial charge in [0.25, 0.3) is 0 Å². The van der Waals surface area contributed by atoms with Crippen LogP contribution in [0.3, 0.4) is 0 Å². The summed E-state index contributed by atoms with van der Waals surface area (Å²) < 4.78 is 5.22. The quantitative estimate of drug-likeness (QED) is 0.816. The van der Waals surface area contributed by atoms with Crippen LogP contribution in [-0.4, -0.2) is 23.9 Å². The van der Waals surface area contributed by atoms with Gasteiger partial charge in [0.2, 0.25) is 0 Å². The van der Waals surface area contributed by atoms with Gasteiger partial charge in [-0.1, -0.05) is 0 Å². The fourth-order valence-corrected chi connectivity index (χ4v) is 1.93. The Bertz CT molecular complexity index is 254. The molecule has 1 rings (SSSR count). The zero-order valence-corrected chi connectivity index (χ0v) is 9.80. The monoisotopic (exact) mass is 214 g/mol. The lowest BCUT2D eigenvalue weighted by atomic mass is 9.96. The molecule has 1 heterocycles. The Hall–Kier alpha value is -0.380. The van der Waals surface area contributed by atoms with Crippen LogP contribution in [0.1, 0.15) is 25.8 Å². The van der Waals surface area contributed by atoms with Crippen LogP contribution in [0.5, 0.6) is 0 Å². The molecule has 0 spiro atoms. The summed E-state index contributed by atoms with van der Waals surface area (Å²) >= 11 is 1.69. The summed E-state index contributed by atoms with van der Waals surface area (Å²) in [5.41, 5.74) is 0.844. The third kappa shape index (κ3) is 3.08. The van der Waals surface area contributed by atoms with E-state index in [0.29, 0.717) is 0 Å². The summed E-state index contributed by atoms with van der Waals surface area (Å²) in [6, 6.07) is 2.09. The Labute approximate surface area is 89.5 Å². The molecular weight excluding hydrogens is 196 g/mol. The van der Waals surface area contributed by atoms with Crippen molar-refractivity contribution < 1.29 is 9.84 Å². The first-order valence-electron chi connectivity index (χ1n) is 4.80. The van der Waals surface area contributed by atoms with Crippen molar-refractivity contribution in [2.24, 2.45) is 0 Å². The molecule has 0 fully saturated rings. The van der Waals surface area contributed by atoms with E-state index in [2.05, 4.69) is 16.8 Å². The predicted octanol–water partition coefficient (Wildman–Crippen LogP) is 2.47. The van der Waals surface area contributed by atoms with Crippen molar-refractivity contribution in [3.8, 4) is 0 Å². The van der Waals surface area contributed by atoms with Gasteiger partial charge in [-0.25, -0.2) is 0 Å². The van der Waals surface area contributed by atoms with Crippen LogP contribution in [0, 0.1) is 0 Å². The molecule has 0 aliphatic heterocycles. The summed E-state index contributed by atoms with van der Waals surface area (Å²) in [5, 5.41) is 14.0. The number of hydrogen-bond acceptors (Lipinski definition) is 3. The molecule has 1 unspecified atom stereocenters. The number of rotatable bonds is 5. The average Bonchev–Trinajstić information content (AvgIpc) is 2.66. The van der Waals surface area contributed by atoms with E-state index in [1.54, 1.807) is 18.4 Å². The lowest BCUT2D eigenvalue weighted by molar-refractivity contribution is -0.0797. The molecule has 0 amide bonds. The molecule has 3 heteroatoms. The first-order valence-corrected chi connectivity index (χ1v) is 5.75. The maximum absolute atomic E-state index is 9.85. The Morgan fingerprint density at radius 1 is 1.57 bits per heavy atom. The highest BCUT2D eigenvalue weighted by molar-refractivity contribution is 7.07. The van der Waals surface area contributed by atoms with Gasteiger partial charge in [0.15, 0.2) is 0 Å². The van der Waals surface area contributed by atoms with E-state index in [4.69, 9.17) is 4.74 Å². The summed E-state index contributed by atoms with van der Waals surface area (Å²) in [5.74, 6) is 0. The van der Waals surface area contributed by atoms with Gasteiger partial charge in [0.05, 0.1) is 11.7 Å². The van der Waals surface area contributed by atoms with E-state index in [-0.39, 0.29) is 0 Å². The number of hydrogen-bond donors (Lipinski definition) is 1. The molecule has 0 saturated heterocycles. The lowest BCUT2D eigenvalue weighted by Crippen LogP contribution is -2.38. The van der Waals surface area contributed by atoms with Gasteiger partial charge in [0.1, 0.15) is 0 Å². The topological polar surface area (TPSA) is 29.5 Å². The molecule has 1 N–H and O–H groups in total. The number of thiophene rings is 1. The van der Waals surface area contributed by atoms with Crippen molar-refractivity contribution in [1.82, 2.24) is 0 Å². The van der Waals surface area contributed by atoms with E-state index in [0.717, 1.165) is 12.8 Å². The normalized spacial score (nSPS) is 14.3. The standard InChI is InChI=1S/C11H18O2S/c1-11(2,13-3)10(12)5-4-9-6-7-14-8-9/h6-8,10,12H,4-5H2,1-3H3. The molecule has 0 aromatic carbocycles. The van der Waals surface area contributed by atoms with Crippen molar-refractivity contribution in [2.45, 2.75) is 38.4 Å². The molecule has 0 saturated carbocycles. The van der Waals surface area contributed by atoms with Crippen LogP contribution < -0.4 is 0 Å². The second-order valence-corrected chi connectivity index (χ2v) is 4.77. The second-order valence-electron chi connectivity index (χ2n) is 3.99. The molecule has 1 aromatic rings. The van der Waals surface area contributed by atoms with Crippen LogP contribution in [0.2, 0.25) is 0 Å². The van der Waals surface area contributed by atoms with Crippen molar-refractivity contribution in [1.29, 1.82) is 0 Å². The number of aliphatic hydroxyl groups is 1. The number of aliphatic hydroxyl groups excluding tert-OH is 1. The van der Waals surface area contributed by atoms with E-state index in [1.807, 2.05) is 13.8 Å². The molecule has 14 heavy (non-hydrogen) atoms. The van der Waals surface area contributed by atoms with Crippen LogP contribution in [0.4, 0.5) is 0 Å². The first kappa shape index (κ1) is 11.7. The third-order valence-corrected chi connectivity index (χ3v) is 3.35. The minimum atomic E-state index is -0.448. The third-order valence-electron chi connectivity index (χ3n) is 2.62. The van der Waals surface area contributed by atoms with Crippen LogP contribution >= 0.6 is 11.3 Å². The lowest BCUT2D eigenvalue weighted by Gasteiger charge is -2.28. The molecule has 1 aromatic heterocycles. The van der Waals surface area contributed by atoms with E-state index < -0.39 is 11.7 Å². The Kier molecular flexibility index (Phi) is 4.11. The Balaban J connectivity index is 2.38. The second kappa shape index (κ2) is 4.91. The maximum Gasteiger partial charge on any atom is 0.0880 e. The first-order chi connectivity index (χ1) is 6.56. The van der Waals surface area contributed by atoms with Gasteiger partial charge in [-0.2, -0.15) is 11.3 Å².